The molecule has 1 fully saturated rings. The van der Waals surface area contributed by atoms with E-state index < -0.39 is 0 Å². The summed E-state index contributed by atoms with van der Waals surface area (Å²) in [5.74, 6) is 0.509. The van der Waals surface area contributed by atoms with E-state index in [1.165, 1.54) is 19.2 Å². The third kappa shape index (κ3) is 3.38. The van der Waals surface area contributed by atoms with Gasteiger partial charge in [-0.15, -0.1) is 0 Å². The van der Waals surface area contributed by atoms with E-state index in [0.29, 0.717) is 29.4 Å². The molecule has 0 saturated heterocycles. The minimum absolute atomic E-state index is 0.210. The van der Waals surface area contributed by atoms with Crippen LogP contribution in [0.1, 0.15) is 53.2 Å². The lowest BCUT2D eigenvalue weighted by atomic mass is 10.0. The highest BCUT2D eigenvalue weighted by Crippen LogP contribution is 2.36. The summed E-state index contributed by atoms with van der Waals surface area (Å²) in [6.07, 6.45) is 6.06. The highest BCUT2D eigenvalue weighted by atomic mass is 16.5. The fourth-order valence-electron chi connectivity index (χ4n) is 3.83. The minimum Gasteiger partial charge on any atom is -0.382 e. The largest absolute Gasteiger partial charge is 0.382 e. The van der Waals surface area contributed by atoms with E-state index in [4.69, 9.17) is 10.5 Å². The van der Waals surface area contributed by atoms with E-state index in [1.807, 2.05) is 30.3 Å². The fraction of sp³-hybridized carbons (Fsp3) is 0.350. The highest BCUT2D eigenvalue weighted by Gasteiger charge is 2.26. The predicted molar refractivity (Wildman–Crippen MR) is 104 cm³/mol. The summed E-state index contributed by atoms with van der Waals surface area (Å²) in [6.45, 7) is 0.539. The zero-order valence-corrected chi connectivity index (χ0v) is 15.3. The topological polar surface area (TPSA) is 94.5 Å². The molecule has 0 bridgehead atoms. The van der Waals surface area contributed by atoms with Crippen molar-refractivity contribution in [2.75, 3.05) is 18.2 Å². The minimum atomic E-state index is -0.210. The normalized spacial score (nSPS) is 14.7. The van der Waals surface area contributed by atoms with E-state index >= 15 is 0 Å². The van der Waals surface area contributed by atoms with Crippen LogP contribution in [0.2, 0.25) is 0 Å². The van der Waals surface area contributed by atoms with Crippen molar-refractivity contribution in [1.82, 2.24) is 14.6 Å². The lowest BCUT2D eigenvalue weighted by Gasteiger charge is -2.08. The Bertz CT molecular complexity index is 958. The zero-order chi connectivity index (χ0) is 18.8. The number of benzene rings is 1. The molecule has 0 aliphatic heterocycles. The predicted octanol–water partition coefficient (Wildman–Crippen LogP) is 3.37. The van der Waals surface area contributed by atoms with Gasteiger partial charge < -0.3 is 15.8 Å². The van der Waals surface area contributed by atoms with Gasteiger partial charge in [0.1, 0.15) is 11.8 Å². The van der Waals surface area contributed by atoms with Crippen molar-refractivity contribution in [3.05, 3.63) is 53.5 Å². The first-order valence-electron chi connectivity index (χ1n) is 9.18. The van der Waals surface area contributed by atoms with Crippen LogP contribution < -0.4 is 11.1 Å². The van der Waals surface area contributed by atoms with Crippen LogP contribution >= 0.6 is 0 Å². The quantitative estimate of drug-likeness (QED) is 0.723. The molecule has 3 aromatic rings. The molecule has 2 heterocycles. The number of anilines is 2. The van der Waals surface area contributed by atoms with Gasteiger partial charge in [-0.3, -0.25) is 4.79 Å². The molecule has 1 amide bonds. The first-order valence-corrected chi connectivity index (χ1v) is 9.18. The summed E-state index contributed by atoms with van der Waals surface area (Å²) in [7, 11) is 1.66. The van der Waals surface area contributed by atoms with Crippen molar-refractivity contribution in [3.8, 4) is 0 Å². The van der Waals surface area contributed by atoms with E-state index in [9.17, 15) is 4.79 Å². The van der Waals surface area contributed by atoms with Gasteiger partial charge in [-0.05, 0) is 36.6 Å². The maximum atomic E-state index is 13.0. The molecule has 1 aliphatic rings. The van der Waals surface area contributed by atoms with Gasteiger partial charge in [0.2, 0.25) is 0 Å². The van der Waals surface area contributed by atoms with Gasteiger partial charge >= 0.3 is 0 Å². The highest BCUT2D eigenvalue weighted by molar-refractivity contribution is 6.10. The monoisotopic (exact) mass is 365 g/mol. The van der Waals surface area contributed by atoms with E-state index in [-0.39, 0.29) is 5.91 Å². The van der Waals surface area contributed by atoms with Gasteiger partial charge in [0.05, 0.1) is 12.2 Å². The molecule has 1 saturated carbocycles. The maximum Gasteiger partial charge on any atom is 0.258 e. The zero-order valence-electron chi connectivity index (χ0n) is 15.3. The molecule has 1 aliphatic carbocycles. The van der Waals surface area contributed by atoms with Gasteiger partial charge in [-0.1, -0.05) is 25.0 Å². The second-order valence-corrected chi connectivity index (χ2v) is 6.95. The lowest BCUT2D eigenvalue weighted by molar-refractivity contribution is 0.102. The number of nitrogen functional groups attached to an aromatic ring is 1. The van der Waals surface area contributed by atoms with Gasteiger partial charge in [0.25, 0.3) is 5.91 Å². The second-order valence-electron chi connectivity index (χ2n) is 6.95. The maximum absolute atomic E-state index is 13.0. The average molecular weight is 365 g/mol. The third-order valence-electron chi connectivity index (χ3n) is 5.15. The van der Waals surface area contributed by atoms with Gasteiger partial charge in [-0.2, -0.15) is 5.10 Å². The Morgan fingerprint density at radius 2 is 2.04 bits per heavy atom. The summed E-state index contributed by atoms with van der Waals surface area (Å²) in [5.41, 5.74) is 9.98. The Morgan fingerprint density at radius 1 is 1.30 bits per heavy atom. The first kappa shape index (κ1) is 17.5. The number of nitrogens with zero attached hydrogens (tertiary/aromatic N) is 3. The molecule has 1 aromatic carbocycles. The lowest BCUT2D eigenvalue weighted by Crippen LogP contribution is -2.12. The molecule has 0 spiro atoms. The van der Waals surface area contributed by atoms with Crippen LogP contribution in [0.15, 0.2) is 36.7 Å². The number of hydrogen-bond donors (Lipinski definition) is 2. The van der Waals surface area contributed by atoms with Crippen molar-refractivity contribution in [3.63, 3.8) is 0 Å². The Hall–Kier alpha value is -2.93. The molecular formula is C20H23N5O2. The first-order chi connectivity index (χ1) is 13.2. The number of hydrogen-bond acceptors (Lipinski definition) is 5. The van der Waals surface area contributed by atoms with E-state index in [0.717, 1.165) is 29.8 Å². The Balaban J connectivity index is 1.67. The summed E-state index contributed by atoms with van der Waals surface area (Å²) < 4.78 is 6.90. The molecule has 4 rings (SSSR count). The number of carbonyl (C=O) groups excluding carboxylic acids is 1. The molecule has 0 atom stereocenters. The Morgan fingerprint density at radius 3 is 2.74 bits per heavy atom. The molecule has 0 unspecified atom stereocenters. The molecule has 27 heavy (non-hydrogen) atoms. The number of rotatable bonds is 5. The molecule has 0 radical (unpaired) electrons. The number of methoxy groups -OCH3 is 1. The van der Waals surface area contributed by atoms with E-state index in [2.05, 4.69) is 15.4 Å². The Kier molecular flexibility index (Phi) is 4.77. The summed E-state index contributed by atoms with van der Waals surface area (Å²) >= 11 is 0. The van der Waals surface area contributed by atoms with Crippen LogP contribution in [0, 0.1) is 0 Å². The van der Waals surface area contributed by atoms with Crippen LogP contribution in [0.5, 0.6) is 0 Å². The number of aromatic nitrogens is 3. The van der Waals surface area contributed by atoms with Crippen LogP contribution in [-0.2, 0) is 11.3 Å². The summed E-state index contributed by atoms with van der Waals surface area (Å²) in [4.78, 5) is 17.0. The summed E-state index contributed by atoms with van der Waals surface area (Å²) in [5, 5.41) is 7.31. The van der Waals surface area contributed by atoms with Crippen LogP contribution in [-0.4, -0.2) is 27.6 Å². The number of amides is 1. The third-order valence-corrected chi connectivity index (χ3v) is 5.15. The van der Waals surface area contributed by atoms with Gasteiger partial charge in [-0.25, -0.2) is 9.50 Å². The fourth-order valence-corrected chi connectivity index (χ4v) is 3.83. The summed E-state index contributed by atoms with van der Waals surface area (Å²) in [6, 6.07) is 9.51. The molecule has 2 aromatic heterocycles. The number of fused-ring (bicyclic) bond motifs is 1. The molecule has 3 N–H and O–H groups in total. The van der Waals surface area contributed by atoms with Gasteiger partial charge in [0, 0.05) is 24.4 Å². The van der Waals surface area contributed by atoms with Crippen LogP contribution in [0.25, 0.3) is 5.52 Å². The van der Waals surface area contributed by atoms with Crippen LogP contribution in [0.4, 0.5) is 11.5 Å². The van der Waals surface area contributed by atoms with Gasteiger partial charge in [0.15, 0.2) is 5.82 Å². The second kappa shape index (κ2) is 7.36. The van der Waals surface area contributed by atoms with Crippen molar-refractivity contribution < 1.29 is 9.53 Å². The smallest absolute Gasteiger partial charge is 0.258 e. The number of nitrogens with two attached hydrogens (primary N) is 1. The number of ether oxygens (including phenoxy) is 1. The van der Waals surface area contributed by atoms with Crippen LogP contribution in [0.3, 0.4) is 0 Å². The SMILES string of the molecule is COCc1ccc(NC(=O)c2cc(C3CCCC3)n3ncnc(N)c23)cc1. The van der Waals surface area contributed by atoms with Crippen molar-refractivity contribution >= 4 is 22.9 Å². The van der Waals surface area contributed by atoms with Crippen molar-refractivity contribution in [1.29, 1.82) is 0 Å². The molecule has 7 nitrogen and oxygen atoms in total. The molecule has 140 valence electrons. The van der Waals surface area contributed by atoms with E-state index in [1.54, 1.807) is 11.6 Å². The molecular weight excluding hydrogens is 342 g/mol. The number of carbonyl (C=O) groups is 1. The molecule has 7 heteroatoms. The Labute approximate surface area is 157 Å². The standard InChI is InChI=1S/C20H23N5O2/c1-27-11-13-6-8-15(9-7-13)24-20(26)16-10-17(14-4-2-3-5-14)25-18(16)19(21)22-12-23-25/h6-10,12,14H,2-5,11H2,1H3,(H,24,26)(H2,21,22,23). The van der Waals surface area contributed by atoms with Crippen molar-refractivity contribution in [2.45, 2.75) is 38.2 Å². The number of nitrogens with one attached hydrogen (secondary N) is 1. The average Bonchev–Trinajstić information content (AvgIpc) is 3.31. The van der Waals surface area contributed by atoms with Crippen molar-refractivity contribution in [2.24, 2.45) is 0 Å².